The van der Waals surface area contributed by atoms with E-state index in [1.807, 2.05) is 0 Å². The molecule has 0 radical (unpaired) electrons. The van der Waals surface area contributed by atoms with Crippen LogP contribution in [0.25, 0.3) is 0 Å². The monoisotopic (exact) mass is 418 g/mol. The van der Waals surface area contributed by atoms with E-state index in [2.05, 4.69) is 0 Å². The molecular formula is C16H22N2O5S3. The minimum atomic E-state index is -3.54. The molecule has 10 heteroatoms. The summed E-state index contributed by atoms with van der Waals surface area (Å²) in [7, 11) is -2.20. The van der Waals surface area contributed by atoms with Gasteiger partial charge in [-0.05, 0) is 24.3 Å². The van der Waals surface area contributed by atoms with E-state index in [0.29, 0.717) is 42.4 Å². The van der Waals surface area contributed by atoms with Gasteiger partial charge in [0.1, 0.15) is 9.46 Å². The molecule has 1 aromatic heterocycles. The lowest BCUT2D eigenvalue weighted by molar-refractivity contribution is -0.142. The third-order valence-corrected chi connectivity index (χ3v) is 9.07. The predicted octanol–water partition coefficient (Wildman–Crippen LogP) is 1.27. The van der Waals surface area contributed by atoms with Crippen LogP contribution < -0.4 is 0 Å². The van der Waals surface area contributed by atoms with E-state index in [-0.39, 0.29) is 29.6 Å². The summed E-state index contributed by atoms with van der Waals surface area (Å²) >= 11 is 2.68. The number of hydrogen-bond donors (Lipinski definition) is 0. The standard InChI is InChI=1S/C16H22N2O5S3/c1-23-16(20)13-11-17(7-9-24-13)15(19)12-4-2-6-18(10-12)26(21,22)14-5-3-8-25-14/h3,5,8,12-13H,2,4,6-7,9-11H2,1H3/t12-,13+/m1/s1. The number of sulfonamides is 1. The number of methoxy groups -OCH3 is 1. The molecule has 3 rings (SSSR count). The number of rotatable bonds is 4. The summed E-state index contributed by atoms with van der Waals surface area (Å²) in [6, 6.07) is 3.30. The Morgan fingerprint density at radius 2 is 2.08 bits per heavy atom. The van der Waals surface area contributed by atoms with E-state index >= 15 is 0 Å². The van der Waals surface area contributed by atoms with Gasteiger partial charge in [0, 0.05) is 31.9 Å². The van der Waals surface area contributed by atoms with E-state index in [0.717, 1.165) is 0 Å². The number of esters is 1. The minimum Gasteiger partial charge on any atom is -0.468 e. The second-order valence-corrected chi connectivity index (χ2v) is 10.7. The minimum absolute atomic E-state index is 0.0646. The highest BCUT2D eigenvalue weighted by molar-refractivity contribution is 8.00. The van der Waals surface area contributed by atoms with E-state index < -0.39 is 10.0 Å². The average Bonchev–Trinajstić information content (AvgIpc) is 3.22. The number of ether oxygens (including phenoxy) is 1. The molecule has 0 aliphatic carbocycles. The van der Waals surface area contributed by atoms with Gasteiger partial charge in [0.2, 0.25) is 5.91 Å². The molecule has 2 aliphatic rings. The molecule has 0 bridgehead atoms. The van der Waals surface area contributed by atoms with Crippen LogP contribution in [0.5, 0.6) is 0 Å². The molecule has 0 N–H and O–H groups in total. The largest absolute Gasteiger partial charge is 0.468 e. The van der Waals surface area contributed by atoms with Crippen LogP contribution in [0, 0.1) is 5.92 Å². The molecule has 2 atom stereocenters. The van der Waals surface area contributed by atoms with Gasteiger partial charge in [-0.1, -0.05) is 6.07 Å². The number of hydrogen-bond acceptors (Lipinski definition) is 7. The molecule has 0 unspecified atom stereocenters. The molecule has 2 saturated heterocycles. The first kappa shape index (κ1) is 19.7. The molecule has 2 aliphatic heterocycles. The van der Waals surface area contributed by atoms with Crippen molar-refractivity contribution in [3.05, 3.63) is 17.5 Å². The van der Waals surface area contributed by atoms with Gasteiger partial charge in [0.15, 0.2) is 0 Å². The Kier molecular flexibility index (Phi) is 6.26. The van der Waals surface area contributed by atoms with Gasteiger partial charge in [0.25, 0.3) is 10.0 Å². The molecule has 7 nitrogen and oxygen atoms in total. The molecule has 0 saturated carbocycles. The normalized spacial score (nSPS) is 25.0. The maximum Gasteiger partial charge on any atom is 0.320 e. The lowest BCUT2D eigenvalue weighted by atomic mass is 9.98. The van der Waals surface area contributed by atoms with Gasteiger partial charge < -0.3 is 9.64 Å². The summed E-state index contributed by atoms with van der Waals surface area (Å²) in [4.78, 5) is 26.4. The molecule has 144 valence electrons. The van der Waals surface area contributed by atoms with Gasteiger partial charge >= 0.3 is 5.97 Å². The van der Waals surface area contributed by atoms with Crippen LogP contribution in [-0.2, 0) is 24.3 Å². The zero-order chi connectivity index (χ0) is 18.7. The van der Waals surface area contributed by atoms with Crippen molar-refractivity contribution >= 4 is 45.0 Å². The number of piperidine rings is 1. The number of thiophene rings is 1. The van der Waals surface area contributed by atoms with E-state index in [4.69, 9.17) is 4.74 Å². The quantitative estimate of drug-likeness (QED) is 0.685. The second-order valence-electron chi connectivity index (χ2n) is 6.30. The maximum atomic E-state index is 12.9. The lowest BCUT2D eigenvalue weighted by Crippen LogP contribution is -2.51. The fraction of sp³-hybridized carbons (Fsp3) is 0.625. The second kappa shape index (κ2) is 8.28. The van der Waals surface area contributed by atoms with Crippen molar-refractivity contribution in [2.24, 2.45) is 5.92 Å². The summed E-state index contributed by atoms with van der Waals surface area (Å²) < 4.78 is 32.0. The van der Waals surface area contributed by atoms with Crippen molar-refractivity contribution in [3.8, 4) is 0 Å². The van der Waals surface area contributed by atoms with Gasteiger partial charge in [0.05, 0.1) is 13.0 Å². The summed E-state index contributed by atoms with van der Waals surface area (Å²) in [5.74, 6) is -0.0710. The Hall–Kier alpha value is -1.10. The van der Waals surface area contributed by atoms with Crippen LogP contribution in [0.2, 0.25) is 0 Å². The van der Waals surface area contributed by atoms with E-state index in [1.54, 1.807) is 22.4 Å². The van der Waals surface area contributed by atoms with Crippen LogP contribution in [0.15, 0.2) is 21.7 Å². The van der Waals surface area contributed by atoms with E-state index in [9.17, 15) is 18.0 Å². The molecule has 1 aromatic rings. The summed E-state index contributed by atoms with van der Waals surface area (Å²) in [6.07, 6.45) is 1.33. The van der Waals surface area contributed by atoms with Crippen LogP contribution in [0.1, 0.15) is 12.8 Å². The molecular weight excluding hydrogens is 396 g/mol. The van der Waals surface area contributed by atoms with Crippen LogP contribution in [0.4, 0.5) is 0 Å². The zero-order valence-electron chi connectivity index (χ0n) is 14.5. The SMILES string of the molecule is COC(=O)[C@@H]1CN(C(=O)[C@@H]2CCCN(S(=O)(=O)c3cccs3)C2)CCS1. The molecule has 1 amide bonds. The summed E-state index contributed by atoms with van der Waals surface area (Å²) in [6.45, 7) is 1.53. The Labute approximate surface area is 161 Å². The topological polar surface area (TPSA) is 84.0 Å². The Morgan fingerprint density at radius 3 is 2.77 bits per heavy atom. The van der Waals surface area contributed by atoms with Crippen molar-refractivity contribution in [2.75, 3.05) is 39.0 Å². The molecule has 0 aromatic carbocycles. The summed E-state index contributed by atoms with van der Waals surface area (Å²) in [5.41, 5.74) is 0. The lowest BCUT2D eigenvalue weighted by Gasteiger charge is -2.37. The maximum absolute atomic E-state index is 12.9. The third kappa shape index (κ3) is 4.08. The van der Waals surface area contributed by atoms with Gasteiger partial charge in [-0.15, -0.1) is 23.1 Å². The zero-order valence-corrected chi connectivity index (χ0v) is 16.9. The van der Waals surface area contributed by atoms with Crippen LogP contribution >= 0.6 is 23.1 Å². The number of amides is 1. The van der Waals surface area contributed by atoms with Gasteiger partial charge in [-0.3, -0.25) is 9.59 Å². The van der Waals surface area contributed by atoms with Crippen molar-refractivity contribution in [3.63, 3.8) is 0 Å². The number of thioether (sulfide) groups is 1. The first-order valence-corrected chi connectivity index (χ1v) is 11.8. The van der Waals surface area contributed by atoms with Crippen LogP contribution in [0.3, 0.4) is 0 Å². The molecule has 2 fully saturated rings. The molecule has 0 spiro atoms. The van der Waals surface area contributed by atoms with Gasteiger partial charge in [-0.2, -0.15) is 4.31 Å². The molecule has 3 heterocycles. The number of carbonyl (C=O) groups excluding carboxylic acids is 2. The van der Waals surface area contributed by atoms with Gasteiger partial charge in [-0.25, -0.2) is 8.42 Å². The smallest absolute Gasteiger partial charge is 0.320 e. The van der Waals surface area contributed by atoms with Crippen molar-refractivity contribution < 1.29 is 22.7 Å². The highest BCUT2D eigenvalue weighted by atomic mass is 32.2. The highest BCUT2D eigenvalue weighted by Gasteiger charge is 2.37. The number of nitrogens with zero attached hydrogens (tertiary/aromatic N) is 2. The first-order chi connectivity index (χ1) is 12.4. The highest BCUT2D eigenvalue weighted by Crippen LogP contribution is 2.28. The van der Waals surface area contributed by atoms with Crippen molar-refractivity contribution in [1.29, 1.82) is 0 Å². The Balaban J connectivity index is 1.67. The average molecular weight is 419 g/mol. The Morgan fingerprint density at radius 1 is 1.27 bits per heavy atom. The Bertz CT molecular complexity index is 750. The summed E-state index contributed by atoms with van der Waals surface area (Å²) in [5, 5.41) is 1.37. The van der Waals surface area contributed by atoms with Crippen molar-refractivity contribution in [1.82, 2.24) is 9.21 Å². The fourth-order valence-electron chi connectivity index (χ4n) is 3.28. The van der Waals surface area contributed by atoms with Crippen LogP contribution in [-0.4, -0.2) is 73.8 Å². The predicted molar refractivity (Wildman–Crippen MR) is 101 cm³/mol. The third-order valence-electron chi connectivity index (χ3n) is 4.66. The van der Waals surface area contributed by atoms with Crippen molar-refractivity contribution in [2.45, 2.75) is 22.3 Å². The number of carbonyl (C=O) groups is 2. The molecule has 26 heavy (non-hydrogen) atoms. The van der Waals surface area contributed by atoms with E-state index in [1.165, 1.54) is 34.5 Å². The first-order valence-electron chi connectivity index (χ1n) is 8.45. The fourth-order valence-corrected chi connectivity index (χ4v) is 7.08.